The first kappa shape index (κ1) is 16.9. The summed E-state index contributed by atoms with van der Waals surface area (Å²) in [7, 11) is 0. The Hall–Kier alpha value is -0.480. The summed E-state index contributed by atoms with van der Waals surface area (Å²) in [6.07, 6.45) is 2.56. The van der Waals surface area contributed by atoms with E-state index in [1.165, 1.54) is 12.8 Å². The van der Waals surface area contributed by atoms with Crippen LogP contribution in [0.15, 0.2) is 12.1 Å². The molecule has 1 fully saturated rings. The average molecular weight is 331 g/mol. The van der Waals surface area contributed by atoms with Crippen molar-refractivity contribution in [3.05, 3.63) is 27.7 Å². The lowest BCUT2D eigenvalue weighted by molar-refractivity contribution is 0.239. The maximum atomic E-state index is 6.26. The van der Waals surface area contributed by atoms with E-state index < -0.39 is 0 Å². The number of halogens is 2. The van der Waals surface area contributed by atoms with Crippen LogP contribution in [-0.4, -0.2) is 25.7 Å². The number of piperidine rings is 1. The van der Waals surface area contributed by atoms with Crippen molar-refractivity contribution in [2.75, 3.05) is 19.6 Å². The van der Waals surface area contributed by atoms with Crippen LogP contribution in [0, 0.1) is 5.92 Å². The molecular weight excluding hydrogens is 307 g/mol. The molecule has 118 valence electrons. The van der Waals surface area contributed by atoms with E-state index in [9.17, 15) is 0 Å². The fourth-order valence-electron chi connectivity index (χ4n) is 2.61. The minimum atomic E-state index is 0.0897. The van der Waals surface area contributed by atoms with E-state index in [1.807, 2.05) is 19.9 Å². The van der Waals surface area contributed by atoms with Gasteiger partial charge in [0.05, 0.1) is 11.1 Å². The van der Waals surface area contributed by atoms with Gasteiger partial charge < -0.3 is 15.4 Å². The maximum absolute atomic E-state index is 6.26. The van der Waals surface area contributed by atoms with Gasteiger partial charge >= 0.3 is 0 Å². The Morgan fingerprint density at radius 1 is 1.29 bits per heavy atom. The van der Waals surface area contributed by atoms with Crippen molar-refractivity contribution in [1.29, 1.82) is 0 Å². The van der Waals surface area contributed by atoms with Gasteiger partial charge in [0.1, 0.15) is 5.75 Å². The molecule has 0 amide bonds. The van der Waals surface area contributed by atoms with Crippen molar-refractivity contribution in [3.8, 4) is 5.75 Å². The van der Waals surface area contributed by atoms with Crippen molar-refractivity contribution in [2.24, 2.45) is 5.92 Å². The third-order valence-electron chi connectivity index (χ3n) is 3.65. The van der Waals surface area contributed by atoms with Gasteiger partial charge in [-0.2, -0.15) is 0 Å². The van der Waals surface area contributed by atoms with Gasteiger partial charge in [-0.05, 0) is 64.4 Å². The molecule has 0 aromatic heterocycles. The highest BCUT2D eigenvalue weighted by Gasteiger charge is 2.15. The van der Waals surface area contributed by atoms with Crippen molar-refractivity contribution in [3.63, 3.8) is 0 Å². The zero-order chi connectivity index (χ0) is 15.2. The molecule has 0 atom stereocenters. The summed E-state index contributed by atoms with van der Waals surface area (Å²) in [5.41, 5.74) is 1.02. The van der Waals surface area contributed by atoms with Gasteiger partial charge in [0.2, 0.25) is 0 Å². The quantitative estimate of drug-likeness (QED) is 0.830. The lowest BCUT2D eigenvalue weighted by atomic mass is 9.98. The molecule has 3 nitrogen and oxygen atoms in total. The van der Waals surface area contributed by atoms with E-state index in [1.54, 1.807) is 6.07 Å². The lowest BCUT2D eigenvalue weighted by Crippen LogP contribution is -2.33. The molecule has 1 heterocycles. The topological polar surface area (TPSA) is 33.3 Å². The molecule has 1 aliphatic heterocycles. The highest BCUT2D eigenvalue weighted by atomic mass is 35.5. The van der Waals surface area contributed by atoms with E-state index in [-0.39, 0.29) is 6.10 Å². The SMILES string of the molecule is CC(C)Oc1c(Cl)cc(Cl)cc1CNCC1CCNCC1. The molecule has 1 saturated heterocycles. The Labute approximate surface area is 137 Å². The minimum Gasteiger partial charge on any atom is -0.489 e. The van der Waals surface area contributed by atoms with Gasteiger partial charge in [-0.25, -0.2) is 0 Å². The highest BCUT2D eigenvalue weighted by molar-refractivity contribution is 6.35. The third-order valence-corrected chi connectivity index (χ3v) is 4.15. The molecule has 21 heavy (non-hydrogen) atoms. The van der Waals surface area contributed by atoms with Crippen molar-refractivity contribution >= 4 is 23.2 Å². The number of rotatable bonds is 6. The van der Waals surface area contributed by atoms with Crippen LogP contribution in [0.5, 0.6) is 5.75 Å². The summed E-state index contributed by atoms with van der Waals surface area (Å²) in [5, 5.41) is 8.13. The summed E-state index contributed by atoms with van der Waals surface area (Å²) < 4.78 is 5.83. The molecule has 0 bridgehead atoms. The van der Waals surface area contributed by atoms with E-state index in [2.05, 4.69) is 10.6 Å². The molecule has 1 aliphatic rings. The minimum absolute atomic E-state index is 0.0897. The fraction of sp³-hybridized carbons (Fsp3) is 0.625. The van der Waals surface area contributed by atoms with Crippen LogP contribution in [-0.2, 0) is 6.54 Å². The Morgan fingerprint density at radius 3 is 2.67 bits per heavy atom. The predicted octanol–water partition coefficient (Wildman–Crippen LogP) is 3.87. The first-order valence-electron chi connectivity index (χ1n) is 7.62. The van der Waals surface area contributed by atoms with E-state index in [0.29, 0.717) is 10.0 Å². The normalized spacial score (nSPS) is 16.4. The molecule has 1 aromatic carbocycles. The molecule has 0 aliphatic carbocycles. The summed E-state index contributed by atoms with van der Waals surface area (Å²) >= 11 is 12.4. The number of benzene rings is 1. The van der Waals surface area contributed by atoms with Gasteiger partial charge in [-0.3, -0.25) is 0 Å². The molecule has 0 unspecified atom stereocenters. The first-order valence-corrected chi connectivity index (χ1v) is 8.38. The van der Waals surface area contributed by atoms with Crippen LogP contribution in [0.1, 0.15) is 32.3 Å². The second-order valence-electron chi connectivity index (χ2n) is 5.87. The van der Waals surface area contributed by atoms with Crippen LogP contribution in [0.4, 0.5) is 0 Å². The summed E-state index contributed by atoms with van der Waals surface area (Å²) in [4.78, 5) is 0. The fourth-order valence-corrected chi connectivity index (χ4v) is 3.19. The van der Waals surface area contributed by atoms with Gasteiger partial charge in [0.15, 0.2) is 0 Å². The average Bonchev–Trinajstić information content (AvgIpc) is 2.43. The van der Waals surface area contributed by atoms with E-state index in [4.69, 9.17) is 27.9 Å². The zero-order valence-electron chi connectivity index (χ0n) is 12.7. The molecule has 2 N–H and O–H groups in total. The molecule has 0 radical (unpaired) electrons. The summed E-state index contributed by atoms with van der Waals surface area (Å²) in [6, 6.07) is 3.66. The monoisotopic (exact) mass is 330 g/mol. The predicted molar refractivity (Wildman–Crippen MR) is 89.5 cm³/mol. The summed E-state index contributed by atoms with van der Waals surface area (Å²) in [6.45, 7) is 7.99. The van der Waals surface area contributed by atoms with Crippen LogP contribution in [0.25, 0.3) is 0 Å². The second kappa shape index (κ2) is 8.23. The standard InChI is InChI=1S/C16H24Cl2N2O/c1-11(2)21-16-13(7-14(17)8-15(16)18)10-20-9-12-3-5-19-6-4-12/h7-8,11-12,19-20H,3-6,9-10H2,1-2H3. The van der Waals surface area contributed by atoms with Gasteiger partial charge in [0.25, 0.3) is 0 Å². The molecule has 5 heteroatoms. The molecule has 1 aromatic rings. The van der Waals surface area contributed by atoms with E-state index in [0.717, 1.165) is 43.4 Å². The van der Waals surface area contributed by atoms with Gasteiger partial charge in [0, 0.05) is 17.1 Å². The molecule has 0 spiro atoms. The van der Waals surface area contributed by atoms with Crippen LogP contribution >= 0.6 is 23.2 Å². The first-order chi connectivity index (χ1) is 10.1. The molecular formula is C16H24Cl2N2O. The van der Waals surface area contributed by atoms with Crippen molar-refractivity contribution < 1.29 is 4.74 Å². The van der Waals surface area contributed by atoms with E-state index >= 15 is 0 Å². The van der Waals surface area contributed by atoms with Crippen LogP contribution < -0.4 is 15.4 Å². The highest BCUT2D eigenvalue weighted by Crippen LogP contribution is 2.33. The number of hydrogen-bond acceptors (Lipinski definition) is 3. The van der Waals surface area contributed by atoms with Crippen molar-refractivity contribution in [1.82, 2.24) is 10.6 Å². The summed E-state index contributed by atoms with van der Waals surface area (Å²) in [5.74, 6) is 1.49. The maximum Gasteiger partial charge on any atom is 0.142 e. The van der Waals surface area contributed by atoms with Crippen LogP contribution in [0.2, 0.25) is 10.0 Å². The number of ether oxygens (including phenoxy) is 1. The Morgan fingerprint density at radius 2 is 2.00 bits per heavy atom. The number of hydrogen-bond donors (Lipinski definition) is 2. The largest absolute Gasteiger partial charge is 0.489 e. The van der Waals surface area contributed by atoms with Gasteiger partial charge in [-0.1, -0.05) is 23.2 Å². The Bertz CT molecular complexity index is 460. The zero-order valence-corrected chi connectivity index (χ0v) is 14.2. The second-order valence-corrected chi connectivity index (χ2v) is 6.71. The third kappa shape index (κ3) is 5.33. The Balaban J connectivity index is 1.97. The number of nitrogens with one attached hydrogen (secondary N) is 2. The molecule has 2 rings (SSSR count). The van der Waals surface area contributed by atoms with Crippen LogP contribution in [0.3, 0.4) is 0 Å². The lowest BCUT2D eigenvalue weighted by Gasteiger charge is -2.23. The smallest absolute Gasteiger partial charge is 0.142 e. The molecule has 0 saturated carbocycles. The Kier molecular flexibility index (Phi) is 6.62. The van der Waals surface area contributed by atoms with Gasteiger partial charge in [-0.15, -0.1) is 0 Å². The van der Waals surface area contributed by atoms with Crippen molar-refractivity contribution in [2.45, 2.75) is 39.3 Å².